The van der Waals surface area contributed by atoms with E-state index in [1.807, 2.05) is 30.3 Å². The first-order valence-corrected chi connectivity index (χ1v) is 4.97. The van der Waals surface area contributed by atoms with Gasteiger partial charge in [-0.05, 0) is 12.0 Å². The summed E-state index contributed by atoms with van der Waals surface area (Å²) in [5.41, 5.74) is 6.27. The van der Waals surface area contributed by atoms with Gasteiger partial charge in [-0.2, -0.15) is 0 Å². The predicted molar refractivity (Wildman–Crippen MR) is 58.4 cm³/mol. The van der Waals surface area contributed by atoms with Gasteiger partial charge in [0.2, 0.25) is 0 Å². The van der Waals surface area contributed by atoms with Crippen LogP contribution >= 0.6 is 0 Å². The Bertz CT molecular complexity index is 322. The Hall–Kier alpha value is -1.48. The van der Waals surface area contributed by atoms with Gasteiger partial charge in [0.05, 0.1) is 6.54 Å². The number of hydrogen-bond donors (Lipinski definition) is 1. The highest BCUT2D eigenvalue weighted by Gasteiger charge is 2.12. The second kappa shape index (κ2) is 6.09. The number of nitrogens with two attached hydrogens (primary N) is 1. The molecule has 0 saturated heterocycles. The summed E-state index contributed by atoms with van der Waals surface area (Å²) in [6, 6.07) is 9.65. The van der Waals surface area contributed by atoms with Crippen molar-refractivity contribution >= 4 is 12.1 Å². The second-order valence-electron chi connectivity index (χ2n) is 3.53. The fraction of sp³-hybridized carbons (Fsp3) is 0.333. The fourth-order valence-electron chi connectivity index (χ4n) is 1.46. The molecule has 0 aliphatic heterocycles. The van der Waals surface area contributed by atoms with E-state index in [0.717, 1.165) is 11.8 Å². The summed E-state index contributed by atoms with van der Waals surface area (Å²) < 4.78 is 0. The normalized spacial score (nSPS) is 12.1. The van der Waals surface area contributed by atoms with Gasteiger partial charge in [0.25, 0.3) is 0 Å². The van der Waals surface area contributed by atoms with Crippen molar-refractivity contribution in [2.45, 2.75) is 12.8 Å². The number of ketones is 1. The molecule has 15 heavy (non-hydrogen) atoms. The number of rotatable bonds is 6. The maximum absolute atomic E-state index is 11.1. The van der Waals surface area contributed by atoms with Crippen LogP contribution in [0.15, 0.2) is 30.3 Å². The summed E-state index contributed by atoms with van der Waals surface area (Å²) in [7, 11) is 0. The Morgan fingerprint density at radius 3 is 2.53 bits per heavy atom. The Labute approximate surface area is 89.3 Å². The molecule has 3 nitrogen and oxygen atoms in total. The summed E-state index contributed by atoms with van der Waals surface area (Å²) in [5, 5.41) is 0. The van der Waals surface area contributed by atoms with Gasteiger partial charge in [0.15, 0.2) is 0 Å². The molecule has 0 bridgehead atoms. The first-order chi connectivity index (χ1) is 7.26. The zero-order valence-electron chi connectivity index (χ0n) is 8.56. The van der Waals surface area contributed by atoms with Crippen LogP contribution in [0.25, 0.3) is 0 Å². The van der Waals surface area contributed by atoms with E-state index in [-0.39, 0.29) is 24.7 Å². The fourth-order valence-corrected chi connectivity index (χ4v) is 1.46. The number of benzene rings is 1. The highest BCUT2D eigenvalue weighted by molar-refractivity contribution is 5.82. The smallest absolute Gasteiger partial charge is 0.147 e. The van der Waals surface area contributed by atoms with Crippen LogP contribution < -0.4 is 5.73 Å². The third-order valence-corrected chi connectivity index (χ3v) is 2.25. The van der Waals surface area contributed by atoms with E-state index in [0.29, 0.717) is 6.42 Å². The Balaban J connectivity index is 2.54. The van der Waals surface area contributed by atoms with E-state index in [2.05, 4.69) is 0 Å². The lowest BCUT2D eigenvalue weighted by molar-refractivity contribution is -0.121. The largest absolute Gasteiger partial charge is 0.324 e. The van der Waals surface area contributed by atoms with Crippen LogP contribution in [-0.2, 0) is 16.0 Å². The minimum atomic E-state index is -0.247. The Morgan fingerprint density at radius 2 is 2.00 bits per heavy atom. The van der Waals surface area contributed by atoms with Gasteiger partial charge < -0.3 is 10.5 Å². The van der Waals surface area contributed by atoms with Crippen molar-refractivity contribution < 1.29 is 9.59 Å². The van der Waals surface area contributed by atoms with Crippen molar-refractivity contribution in [3.63, 3.8) is 0 Å². The molecule has 1 rings (SSSR count). The van der Waals surface area contributed by atoms with Crippen molar-refractivity contribution in [3.05, 3.63) is 35.9 Å². The summed E-state index contributed by atoms with van der Waals surface area (Å²) in [6.45, 7) is 0.0130. The third kappa shape index (κ3) is 4.04. The minimum absolute atomic E-state index is 0.0130. The lowest BCUT2D eigenvalue weighted by atomic mass is 9.96. The minimum Gasteiger partial charge on any atom is -0.324 e. The molecule has 1 atom stereocenters. The molecule has 0 aromatic heterocycles. The Morgan fingerprint density at radius 1 is 1.33 bits per heavy atom. The zero-order chi connectivity index (χ0) is 11.1. The molecular weight excluding hydrogens is 190 g/mol. The SMILES string of the molecule is NCC(=O)CC(C=O)Cc1ccccc1. The van der Waals surface area contributed by atoms with Crippen molar-refractivity contribution in [1.29, 1.82) is 0 Å². The molecule has 1 aromatic rings. The maximum Gasteiger partial charge on any atom is 0.147 e. The second-order valence-corrected chi connectivity index (χ2v) is 3.53. The van der Waals surface area contributed by atoms with E-state index >= 15 is 0 Å². The molecular formula is C12H15NO2. The lowest BCUT2D eigenvalue weighted by Crippen LogP contribution is -2.19. The molecule has 0 spiro atoms. The topological polar surface area (TPSA) is 60.2 Å². The first-order valence-electron chi connectivity index (χ1n) is 4.97. The van der Waals surface area contributed by atoms with Gasteiger partial charge in [-0.1, -0.05) is 30.3 Å². The summed E-state index contributed by atoms with van der Waals surface area (Å²) in [6.07, 6.45) is 1.69. The summed E-state index contributed by atoms with van der Waals surface area (Å²) >= 11 is 0. The van der Waals surface area contributed by atoms with Gasteiger partial charge in [-0.25, -0.2) is 0 Å². The molecule has 0 aliphatic rings. The van der Waals surface area contributed by atoms with Crippen molar-refractivity contribution in [1.82, 2.24) is 0 Å². The highest BCUT2D eigenvalue weighted by Crippen LogP contribution is 2.10. The molecule has 3 heteroatoms. The predicted octanol–water partition coefficient (Wildman–Crippen LogP) is 0.962. The van der Waals surface area contributed by atoms with Crippen molar-refractivity contribution in [2.24, 2.45) is 11.7 Å². The average molecular weight is 205 g/mol. The molecule has 0 radical (unpaired) electrons. The van der Waals surface area contributed by atoms with E-state index in [9.17, 15) is 9.59 Å². The van der Waals surface area contributed by atoms with Gasteiger partial charge in [0, 0.05) is 12.3 Å². The van der Waals surface area contributed by atoms with Gasteiger partial charge in [0.1, 0.15) is 12.1 Å². The Kier molecular flexibility index (Phi) is 4.71. The van der Waals surface area contributed by atoms with Gasteiger partial charge in [-0.15, -0.1) is 0 Å². The van der Waals surface area contributed by atoms with Crippen molar-refractivity contribution in [2.75, 3.05) is 6.54 Å². The number of Topliss-reactive ketones (excluding diaryl/α,β-unsaturated/α-hetero) is 1. The number of carbonyl (C=O) groups excluding carboxylic acids is 2. The summed E-state index contributed by atoms with van der Waals surface area (Å²) in [4.78, 5) is 21.9. The van der Waals surface area contributed by atoms with E-state index < -0.39 is 0 Å². The summed E-state index contributed by atoms with van der Waals surface area (Å²) in [5.74, 6) is -0.313. The third-order valence-electron chi connectivity index (χ3n) is 2.25. The first kappa shape index (κ1) is 11.6. The molecule has 0 aliphatic carbocycles. The van der Waals surface area contributed by atoms with Crippen LogP contribution in [0.2, 0.25) is 0 Å². The highest BCUT2D eigenvalue weighted by atomic mass is 16.1. The molecule has 0 fully saturated rings. The lowest BCUT2D eigenvalue weighted by Gasteiger charge is -2.08. The number of carbonyl (C=O) groups is 2. The molecule has 1 aromatic carbocycles. The van der Waals surface area contributed by atoms with Crippen LogP contribution in [0, 0.1) is 5.92 Å². The van der Waals surface area contributed by atoms with Crippen LogP contribution in [0.1, 0.15) is 12.0 Å². The van der Waals surface area contributed by atoms with Crippen LogP contribution in [-0.4, -0.2) is 18.6 Å². The molecule has 0 saturated carbocycles. The number of hydrogen-bond acceptors (Lipinski definition) is 3. The molecule has 1 unspecified atom stereocenters. The monoisotopic (exact) mass is 205 g/mol. The number of aldehydes is 1. The van der Waals surface area contributed by atoms with Crippen LogP contribution in [0.4, 0.5) is 0 Å². The zero-order valence-corrected chi connectivity index (χ0v) is 8.56. The standard InChI is InChI=1S/C12H15NO2/c13-8-12(15)7-11(9-14)6-10-4-2-1-3-5-10/h1-5,9,11H,6-8,13H2. The van der Waals surface area contributed by atoms with E-state index in [4.69, 9.17) is 5.73 Å². The van der Waals surface area contributed by atoms with Crippen molar-refractivity contribution in [3.8, 4) is 0 Å². The molecule has 80 valence electrons. The molecule has 2 N–H and O–H groups in total. The van der Waals surface area contributed by atoms with Crippen LogP contribution in [0.5, 0.6) is 0 Å². The van der Waals surface area contributed by atoms with E-state index in [1.54, 1.807) is 0 Å². The molecule has 0 heterocycles. The van der Waals surface area contributed by atoms with Gasteiger partial charge in [-0.3, -0.25) is 4.79 Å². The maximum atomic E-state index is 11.1. The van der Waals surface area contributed by atoms with Gasteiger partial charge >= 0.3 is 0 Å². The van der Waals surface area contributed by atoms with Crippen LogP contribution in [0.3, 0.4) is 0 Å². The quantitative estimate of drug-likeness (QED) is 0.704. The van der Waals surface area contributed by atoms with E-state index in [1.165, 1.54) is 0 Å². The average Bonchev–Trinajstić information content (AvgIpc) is 2.29. The molecule has 0 amide bonds.